The lowest BCUT2D eigenvalue weighted by atomic mass is 9.46. The molecule has 0 saturated heterocycles. The molecule has 0 aliphatic heterocycles. The van der Waals surface area contributed by atoms with Crippen LogP contribution in [0.4, 0.5) is 0 Å². The topological polar surface area (TPSA) is 34.1 Å². The van der Waals surface area contributed by atoms with Gasteiger partial charge >= 0.3 is 0 Å². The minimum atomic E-state index is -2.91. The molecule has 2 unspecified atom stereocenters. The van der Waals surface area contributed by atoms with Crippen molar-refractivity contribution in [2.45, 2.75) is 108 Å². The van der Waals surface area contributed by atoms with Gasteiger partial charge in [-0.25, -0.2) is 0 Å². The van der Waals surface area contributed by atoms with Gasteiger partial charge in [-0.2, -0.15) is 0 Å². The molecule has 5 saturated carbocycles. The Morgan fingerprint density at radius 3 is 1.61 bits per heavy atom. The Balaban J connectivity index is 1.45. The van der Waals surface area contributed by atoms with E-state index in [4.69, 9.17) is 0 Å². The zero-order valence-electron chi connectivity index (χ0n) is 23.6. The quantitative estimate of drug-likeness (QED) is 0.322. The summed E-state index contributed by atoms with van der Waals surface area (Å²) in [5.74, 6) is 1.45. The highest BCUT2D eigenvalue weighted by Gasteiger charge is 2.62. The van der Waals surface area contributed by atoms with E-state index in [9.17, 15) is 0 Å². The fourth-order valence-electron chi connectivity index (χ4n) is 9.38. The Morgan fingerprint density at radius 1 is 0.684 bits per heavy atom. The average molecular weight is 551 g/mol. The Morgan fingerprint density at radius 2 is 1.16 bits per heavy atom. The average Bonchev–Trinajstić information content (AvgIpc) is 2.98. The van der Waals surface area contributed by atoms with Gasteiger partial charge in [0.2, 0.25) is 0 Å². The zero-order valence-corrected chi connectivity index (χ0v) is 25.4. The van der Waals surface area contributed by atoms with Gasteiger partial charge in [0.05, 0.1) is 7.14 Å². The van der Waals surface area contributed by atoms with E-state index in [-0.39, 0.29) is 17.0 Å². The van der Waals surface area contributed by atoms with Crippen LogP contribution >= 0.6 is 14.3 Å². The molecule has 0 N–H and O–H groups in total. The van der Waals surface area contributed by atoms with Crippen molar-refractivity contribution >= 4 is 24.9 Å². The summed E-state index contributed by atoms with van der Waals surface area (Å²) in [6.07, 6.45) is 15.4. The van der Waals surface area contributed by atoms with Crippen molar-refractivity contribution in [1.82, 2.24) is 0 Å². The Bertz CT molecular complexity index is 1110. The van der Waals surface area contributed by atoms with Crippen molar-refractivity contribution in [3.63, 3.8) is 0 Å². The molecule has 0 amide bonds. The van der Waals surface area contributed by atoms with Crippen LogP contribution in [0.2, 0.25) is 0 Å². The molecular formula is C34H48O2P2. The third-order valence-electron chi connectivity index (χ3n) is 11.7. The monoisotopic (exact) mass is 550 g/mol. The van der Waals surface area contributed by atoms with Gasteiger partial charge in [0.25, 0.3) is 0 Å². The van der Waals surface area contributed by atoms with E-state index >= 15 is 9.13 Å². The molecule has 5 aliphatic rings. The van der Waals surface area contributed by atoms with Crippen molar-refractivity contribution in [1.29, 1.82) is 0 Å². The van der Waals surface area contributed by atoms with Crippen LogP contribution in [-0.4, -0.2) is 23.1 Å². The first-order valence-corrected chi connectivity index (χ1v) is 19.4. The number of hydrogen-bond acceptors (Lipinski definition) is 2. The third kappa shape index (κ3) is 4.55. The summed E-state index contributed by atoms with van der Waals surface area (Å²) in [6, 6.07) is 20.7. The molecular weight excluding hydrogens is 502 g/mol. The SMILES string of the molecule is CC1(C)C2CC1[C@@H](CP(=O)(C1CCCCC1)C1CCCCC1)[C@@H](P(=O)(c1ccccc1)c1ccccc1)C2. The van der Waals surface area contributed by atoms with E-state index < -0.39 is 14.3 Å². The maximum Gasteiger partial charge on any atom is 0.146 e. The van der Waals surface area contributed by atoms with Crippen LogP contribution in [0.1, 0.15) is 90.9 Å². The maximum absolute atomic E-state index is 15.7. The molecule has 0 spiro atoms. The lowest BCUT2D eigenvalue weighted by Crippen LogP contribution is -2.59. The molecule has 2 aromatic rings. The molecule has 4 heteroatoms. The highest BCUT2D eigenvalue weighted by atomic mass is 31.2. The van der Waals surface area contributed by atoms with Gasteiger partial charge in [0, 0.05) is 33.7 Å². The van der Waals surface area contributed by atoms with Gasteiger partial charge in [0.15, 0.2) is 0 Å². The number of benzene rings is 2. The Labute approximate surface area is 231 Å². The van der Waals surface area contributed by atoms with E-state index in [2.05, 4.69) is 62.4 Å². The van der Waals surface area contributed by atoms with Crippen LogP contribution in [0, 0.1) is 23.2 Å². The van der Waals surface area contributed by atoms with Gasteiger partial charge in [0.1, 0.15) is 7.14 Å². The van der Waals surface area contributed by atoms with Crippen LogP contribution in [0.25, 0.3) is 0 Å². The van der Waals surface area contributed by atoms with Crippen molar-refractivity contribution in [2.75, 3.05) is 6.16 Å². The Hall–Kier alpha value is -1.10. The van der Waals surface area contributed by atoms with Gasteiger partial charge in [-0.3, -0.25) is 0 Å². The maximum atomic E-state index is 15.7. The predicted molar refractivity (Wildman–Crippen MR) is 163 cm³/mol. The van der Waals surface area contributed by atoms with E-state index in [1.165, 1.54) is 44.9 Å². The highest BCUT2D eigenvalue weighted by molar-refractivity contribution is 7.79. The summed E-state index contributed by atoms with van der Waals surface area (Å²) in [6.45, 7) is 4.91. The molecule has 5 aliphatic carbocycles. The second-order valence-corrected chi connectivity index (χ2v) is 20.3. The molecule has 206 valence electrons. The number of hydrogen-bond donors (Lipinski definition) is 0. The van der Waals surface area contributed by atoms with Gasteiger partial charge in [-0.1, -0.05) is 113 Å². The summed E-state index contributed by atoms with van der Waals surface area (Å²) in [5, 5.41) is 2.01. The van der Waals surface area contributed by atoms with Crippen LogP contribution < -0.4 is 10.6 Å². The van der Waals surface area contributed by atoms with Gasteiger partial charge < -0.3 is 9.13 Å². The fourth-order valence-corrected chi connectivity index (χ4v) is 18.1. The molecule has 4 atom stereocenters. The first-order chi connectivity index (χ1) is 18.3. The minimum absolute atomic E-state index is 0.101. The van der Waals surface area contributed by atoms with E-state index in [1.54, 1.807) is 0 Å². The van der Waals surface area contributed by atoms with Crippen molar-refractivity contribution in [3.05, 3.63) is 60.7 Å². The van der Waals surface area contributed by atoms with E-state index in [1.807, 2.05) is 12.1 Å². The summed E-state index contributed by atoms with van der Waals surface area (Å²) in [4.78, 5) is 0. The van der Waals surface area contributed by atoms with E-state index in [0.29, 0.717) is 23.2 Å². The number of rotatable bonds is 7. The molecule has 2 nitrogen and oxygen atoms in total. The molecule has 0 aromatic heterocycles. The standard InChI is InChI=1S/C34H48O2P2/c1-34(2)26-23-32(34)31(25-37(35,27-15-7-3-8-16-27)28-17-9-4-10-18-28)33(24-26)38(36,29-19-11-5-12-20-29)30-21-13-6-14-22-30/h5-6,11-14,19-22,26-28,31-33H,3-4,7-10,15-18,23-25H2,1-2H3/t26?,31-,32?,33+/m1/s1. The van der Waals surface area contributed by atoms with Crippen LogP contribution in [0.3, 0.4) is 0 Å². The molecule has 5 fully saturated rings. The summed E-state index contributed by atoms with van der Waals surface area (Å²) in [5.41, 5.74) is 1.19. The van der Waals surface area contributed by atoms with Crippen LogP contribution in [0.5, 0.6) is 0 Å². The fraction of sp³-hybridized carbons (Fsp3) is 0.647. The molecule has 2 bridgehead atoms. The third-order valence-corrected chi connectivity index (χ3v) is 19.9. The molecule has 0 heterocycles. The second-order valence-electron chi connectivity index (χ2n) is 13.8. The molecule has 2 aromatic carbocycles. The molecule has 7 rings (SSSR count). The lowest BCUT2D eigenvalue weighted by molar-refractivity contribution is -0.0955. The number of fused-ring (bicyclic) bond motifs is 2. The van der Waals surface area contributed by atoms with E-state index in [0.717, 1.165) is 48.9 Å². The van der Waals surface area contributed by atoms with Crippen LogP contribution in [0.15, 0.2) is 60.7 Å². The molecule has 38 heavy (non-hydrogen) atoms. The second kappa shape index (κ2) is 10.7. The summed E-state index contributed by atoms with van der Waals surface area (Å²) >= 11 is 0. The summed E-state index contributed by atoms with van der Waals surface area (Å²) in [7, 11) is -5.33. The highest BCUT2D eigenvalue weighted by Crippen LogP contribution is 2.73. The normalized spacial score (nSPS) is 30.5. The first-order valence-electron chi connectivity index (χ1n) is 15.6. The van der Waals surface area contributed by atoms with Crippen molar-refractivity contribution < 1.29 is 9.13 Å². The zero-order chi connectivity index (χ0) is 26.4. The first kappa shape index (κ1) is 27.1. The van der Waals surface area contributed by atoms with Crippen molar-refractivity contribution in [3.8, 4) is 0 Å². The Kier molecular flexibility index (Phi) is 7.63. The van der Waals surface area contributed by atoms with Crippen LogP contribution in [-0.2, 0) is 9.13 Å². The predicted octanol–water partition coefficient (Wildman–Crippen LogP) is 9.08. The smallest absolute Gasteiger partial charge is 0.146 e. The lowest BCUT2D eigenvalue weighted by Gasteiger charge is -2.64. The minimum Gasteiger partial charge on any atom is -0.323 e. The van der Waals surface area contributed by atoms with Gasteiger partial charge in [-0.05, 0) is 61.7 Å². The molecule has 0 radical (unpaired) electrons. The van der Waals surface area contributed by atoms with Crippen molar-refractivity contribution in [2.24, 2.45) is 23.2 Å². The summed E-state index contributed by atoms with van der Waals surface area (Å²) < 4.78 is 31.3. The largest absolute Gasteiger partial charge is 0.323 e. The van der Waals surface area contributed by atoms with Gasteiger partial charge in [-0.15, -0.1) is 0 Å².